The van der Waals surface area contributed by atoms with Gasteiger partial charge in [0.25, 0.3) is 0 Å². The number of H-pyrrole nitrogens is 1. The lowest BCUT2D eigenvalue weighted by molar-refractivity contribution is 0.948. The highest BCUT2D eigenvalue weighted by Crippen LogP contribution is 2.08. The first-order valence-electron chi connectivity index (χ1n) is 4.09. The molecule has 2 heteroatoms. The molecule has 11 heavy (non-hydrogen) atoms. The van der Waals surface area contributed by atoms with E-state index in [0.29, 0.717) is 0 Å². The topological polar surface area (TPSA) is 28.1 Å². The minimum absolute atomic E-state index is 1.02. The normalized spacial score (nSPS) is 16.9. The molecule has 0 aromatic carbocycles. The van der Waals surface area contributed by atoms with Crippen molar-refractivity contribution in [3.63, 3.8) is 0 Å². The van der Waals surface area contributed by atoms with Crippen molar-refractivity contribution in [2.45, 2.75) is 19.3 Å². The molecule has 0 saturated heterocycles. The van der Waals surface area contributed by atoms with E-state index in [9.17, 15) is 0 Å². The summed E-state index contributed by atoms with van der Waals surface area (Å²) in [5.74, 6) is 0. The molecule has 1 aliphatic heterocycles. The monoisotopic (exact) mass is 148 g/mol. The van der Waals surface area contributed by atoms with Crippen LogP contribution in [0.15, 0.2) is 23.3 Å². The molecule has 0 aliphatic carbocycles. The Morgan fingerprint density at radius 3 is 3.18 bits per heavy atom. The van der Waals surface area contributed by atoms with E-state index in [-0.39, 0.29) is 0 Å². The fourth-order valence-electron chi connectivity index (χ4n) is 1.44. The van der Waals surface area contributed by atoms with E-state index in [2.05, 4.69) is 16.0 Å². The number of aromatic nitrogens is 1. The lowest BCUT2D eigenvalue weighted by atomic mass is 10.1. The largest absolute Gasteiger partial charge is 0.365 e. The van der Waals surface area contributed by atoms with E-state index in [1.807, 2.05) is 12.3 Å². The van der Waals surface area contributed by atoms with Crippen molar-refractivity contribution in [2.75, 3.05) is 6.54 Å². The lowest BCUT2D eigenvalue weighted by Crippen LogP contribution is -1.98. The molecule has 0 unspecified atom stereocenters. The predicted molar refractivity (Wildman–Crippen MR) is 46.0 cm³/mol. The Labute approximate surface area is 66.4 Å². The van der Waals surface area contributed by atoms with E-state index >= 15 is 0 Å². The molecule has 2 heterocycles. The highest BCUT2D eigenvalue weighted by atomic mass is 14.8. The number of aromatic amines is 1. The summed E-state index contributed by atoms with van der Waals surface area (Å²) < 4.78 is 0. The maximum Gasteiger partial charge on any atom is 0.0392 e. The van der Waals surface area contributed by atoms with Gasteiger partial charge in [-0.25, -0.2) is 0 Å². The quantitative estimate of drug-likeness (QED) is 0.662. The van der Waals surface area contributed by atoms with Crippen LogP contribution in [0.4, 0.5) is 0 Å². The van der Waals surface area contributed by atoms with E-state index in [4.69, 9.17) is 0 Å². The van der Waals surface area contributed by atoms with Crippen molar-refractivity contribution >= 4 is 5.71 Å². The zero-order valence-electron chi connectivity index (χ0n) is 6.51. The Balaban J connectivity index is 2.00. The van der Waals surface area contributed by atoms with E-state index < -0.39 is 0 Å². The molecule has 0 bridgehead atoms. The van der Waals surface area contributed by atoms with E-state index in [0.717, 1.165) is 13.0 Å². The molecule has 1 N–H and O–H groups in total. The summed E-state index contributed by atoms with van der Waals surface area (Å²) in [6, 6.07) is 4.14. The fourth-order valence-corrected chi connectivity index (χ4v) is 1.44. The molecule has 0 saturated carbocycles. The molecule has 0 amide bonds. The molecule has 0 spiro atoms. The van der Waals surface area contributed by atoms with Crippen LogP contribution in [-0.4, -0.2) is 17.2 Å². The van der Waals surface area contributed by atoms with Gasteiger partial charge in [-0.2, -0.15) is 0 Å². The average Bonchev–Trinajstić information content (AvgIpc) is 2.60. The van der Waals surface area contributed by atoms with Gasteiger partial charge in [0, 0.05) is 30.6 Å². The summed E-state index contributed by atoms with van der Waals surface area (Å²) in [6.07, 6.45) is 5.42. The lowest BCUT2D eigenvalue weighted by Gasteiger charge is -1.95. The molecule has 0 fully saturated rings. The van der Waals surface area contributed by atoms with E-state index in [1.54, 1.807) is 0 Å². The number of hydrogen-bond acceptors (Lipinski definition) is 1. The second-order valence-electron chi connectivity index (χ2n) is 2.92. The zero-order chi connectivity index (χ0) is 7.52. The molecule has 1 aromatic heterocycles. The molecule has 0 atom stereocenters. The summed E-state index contributed by atoms with van der Waals surface area (Å²) in [4.78, 5) is 7.59. The van der Waals surface area contributed by atoms with Crippen molar-refractivity contribution in [1.29, 1.82) is 0 Å². The van der Waals surface area contributed by atoms with Crippen molar-refractivity contribution < 1.29 is 0 Å². The molecule has 1 aromatic rings. The van der Waals surface area contributed by atoms with Gasteiger partial charge in [-0.1, -0.05) is 0 Å². The molecular weight excluding hydrogens is 136 g/mol. The highest BCUT2D eigenvalue weighted by molar-refractivity contribution is 5.87. The van der Waals surface area contributed by atoms with Crippen molar-refractivity contribution in [1.82, 2.24) is 4.98 Å². The standard InChI is InChI=1S/C9H12N2/c1-3-8(10-5-1)7-9-4-2-6-11-9/h1,3,5,10H,2,4,6-7H2. The minimum atomic E-state index is 1.02. The van der Waals surface area contributed by atoms with Crippen LogP contribution in [0.3, 0.4) is 0 Å². The minimum Gasteiger partial charge on any atom is -0.365 e. The van der Waals surface area contributed by atoms with Gasteiger partial charge in [-0.05, 0) is 25.0 Å². The van der Waals surface area contributed by atoms with Gasteiger partial charge >= 0.3 is 0 Å². The van der Waals surface area contributed by atoms with Crippen LogP contribution in [0.25, 0.3) is 0 Å². The second kappa shape index (κ2) is 2.91. The van der Waals surface area contributed by atoms with E-state index in [1.165, 1.54) is 24.2 Å². The number of nitrogens with one attached hydrogen (secondary N) is 1. The van der Waals surface area contributed by atoms with Crippen LogP contribution in [0.2, 0.25) is 0 Å². The summed E-state index contributed by atoms with van der Waals surface area (Å²) in [6.45, 7) is 1.04. The molecule has 2 nitrogen and oxygen atoms in total. The predicted octanol–water partition coefficient (Wildman–Crippen LogP) is 1.79. The Bertz CT molecular complexity index is 247. The molecule has 58 valence electrons. The summed E-state index contributed by atoms with van der Waals surface area (Å²) >= 11 is 0. The van der Waals surface area contributed by atoms with Gasteiger partial charge in [0.1, 0.15) is 0 Å². The average molecular weight is 148 g/mol. The van der Waals surface area contributed by atoms with Gasteiger partial charge < -0.3 is 4.98 Å². The van der Waals surface area contributed by atoms with Gasteiger partial charge in [-0.15, -0.1) is 0 Å². The first-order chi connectivity index (χ1) is 5.45. The highest BCUT2D eigenvalue weighted by Gasteiger charge is 2.06. The number of aliphatic imine (C=N–C) groups is 1. The van der Waals surface area contributed by atoms with Gasteiger partial charge in [0.2, 0.25) is 0 Å². The summed E-state index contributed by atoms with van der Waals surface area (Å²) in [5.41, 5.74) is 2.64. The maximum atomic E-state index is 4.41. The van der Waals surface area contributed by atoms with Gasteiger partial charge in [-0.3, -0.25) is 4.99 Å². The number of nitrogens with zero attached hydrogens (tertiary/aromatic N) is 1. The van der Waals surface area contributed by atoms with Crippen LogP contribution in [0.5, 0.6) is 0 Å². The molecular formula is C9H12N2. The van der Waals surface area contributed by atoms with Crippen molar-refractivity contribution in [3.05, 3.63) is 24.0 Å². The third-order valence-corrected chi connectivity index (χ3v) is 2.02. The molecule has 2 rings (SSSR count). The van der Waals surface area contributed by atoms with Crippen LogP contribution in [-0.2, 0) is 6.42 Å². The van der Waals surface area contributed by atoms with Crippen LogP contribution in [0, 0.1) is 0 Å². The first-order valence-corrected chi connectivity index (χ1v) is 4.09. The third kappa shape index (κ3) is 1.50. The fraction of sp³-hybridized carbons (Fsp3) is 0.444. The van der Waals surface area contributed by atoms with Crippen LogP contribution < -0.4 is 0 Å². The summed E-state index contributed by atoms with van der Waals surface area (Å²) in [7, 11) is 0. The Morgan fingerprint density at radius 1 is 1.55 bits per heavy atom. The number of rotatable bonds is 2. The smallest absolute Gasteiger partial charge is 0.0392 e. The van der Waals surface area contributed by atoms with Gasteiger partial charge in [0.15, 0.2) is 0 Å². The van der Waals surface area contributed by atoms with Crippen molar-refractivity contribution in [2.24, 2.45) is 4.99 Å². The Kier molecular flexibility index (Phi) is 1.76. The summed E-state index contributed by atoms with van der Waals surface area (Å²) in [5, 5.41) is 0. The SMILES string of the molecule is c1c[nH]c(CC2=NCCC2)c1. The third-order valence-electron chi connectivity index (χ3n) is 2.02. The zero-order valence-corrected chi connectivity index (χ0v) is 6.51. The van der Waals surface area contributed by atoms with Crippen molar-refractivity contribution in [3.8, 4) is 0 Å². The number of hydrogen-bond donors (Lipinski definition) is 1. The van der Waals surface area contributed by atoms with Gasteiger partial charge in [0.05, 0.1) is 0 Å². The van der Waals surface area contributed by atoms with Crippen LogP contribution in [0.1, 0.15) is 18.5 Å². The maximum absolute atomic E-state index is 4.41. The molecule has 1 aliphatic rings. The van der Waals surface area contributed by atoms with Crippen LogP contribution >= 0.6 is 0 Å². The second-order valence-corrected chi connectivity index (χ2v) is 2.92. The Hall–Kier alpha value is -1.05. The Morgan fingerprint density at radius 2 is 2.55 bits per heavy atom. The molecule has 0 radical (unpaired) electrons. The first kappa shape index (κ1) is 6.65.